The van der Waals surface area contributed by atoms with Crippen molar-refractivity contribution in [3.63, 3.8) is 0 Å². The molecular weight excluding hydrogens is 226 g/mol. The number of aromatic nitrogens is 2. The summed E-state index contributed by atoms with van der Waals surface area (Å²) in [7, 11) is 0. The van der Waals surface area contributed by atoms with Crippen molar-refractivity contribution in [1.82, 2.24) is 9.78 Å². The lowest BCUT2D eigenvalue weighted by molar-refractivity contribution is 0.0842. The smallest absolute Gasteiger partial charge is 0.124 e. The summed E-state index contributed by atoms with van der Waals surface area (Å²) in [6.07, 6.45) is 3.39. The van der Waals surface area contributed by atoms with Crippen molar-refractivity contribution in [1.29, 1.82) is 0 Å². The maximum absolute atomic E-state index is 5.43. The van der Waals surface area contributed by atoms with Gasteiger partial charge in [0.1, 0.15) is 5.82 Å². The van der Waals surface area contributed by atoms with Gasteiger partial charge in [-0.1, -0.05) is 13.8 Å². The third-order valence-electron chi connectivity index (χ3n) is 4.39. The summed E-state index contributed by atoms with van der Waals surface area (Å²) in [6.45, 7) is 7.39. The molecule has 3 rings (SSSR count). The van der Waals surface area contributed by atoms with E-state index in [2.05, 4.69) is 29.9 Å². The molecule has 0 aromatic carbocycles. The Bertz CT molecular complexity index is 409. The Labute approximate surface area is 109 Å². The highest BCUT2D eigenvalue weighted by molar-refractivity contribution is 5.40. The van der Waals surface area contributed by atoms with Gasteiger partial charge in [0.05, 0.1) is 11.7 Å². The van der Waals surface area contributed by atoms with Gasteiger partial charge in [-0.05, 0) is 25.2 Å². The van der Waals surface area contributed by atoms with Gasteiger partial charge in [-0.3, -0.25) is 0 Å². The zero-order valence-electron chi connectivity index (χ0n) is 11.4. The van der Waals surface area contributed by atoms with Crippen LogP contribution in [0, 0.1) is 5.92 Å². The fourth-order valence-corrected chi connectivity index (χ4v) is 3.21. The summed E-state index contributed by atoms with van der Waals surface area (Å²) >= 11 is 0. The van der Waals surface area contributed by atoms with Crippen LogP contribution in [0.3, 0.4) is 0 Å². The molecule has 1 fully saturated rings. The number of anilines is 1. The van der Waals surface area contributed by atoms with Gasteiger partial charge in [0.15, 0.2) is 0 Å². The lowest BCUT2D eigenvalue weighted by atomic mass is 9.96. The Morgan fingerprint density at radius 3 is 2.94 bits per heavy atom. The van der Waals surface area contributed by atoms with Gasteiger partial charge in [0.25, 0.3) is 0 Å². The van der Waals surface area contributed by atoms with Crippen LogP contribution < -0.4 is 5.32 Å². The Morgan fingerprint density at radius 1 is 1.44 bits per heavy atom. The van der Waals surface area contributed by atoms with Crippen LogP contribution in [0.5, 0.6) is 0 Å². The second-order valence-corrected chi connectivity index (χ2v) is 5.62. The monoisotopic (exact) mass is 249 g/mol. The van der Waals surface area contributed by atoms with Gasteiger partial charge in [-0.25, -0.2) is 4.68 Å². The molecule has 0 radical (unpaired) electrons. The van der Waals surface area contributed by atoms with E-state index in [4.69, 9.17) is 9.84 Å². The first-order valence-corrected chi connectivity index (χ1v) is 7.20. The van der Waals surface area contributed by atoms with E-state index in [1.54, 1.807) is 0 Å². The molecule has 2 atom stereocenters. The highest BCUT2D eigenvalue weighted by atomic mass is 16.5. The second kappa shape index (κ2) is 4.92. The van der Waals surface area contributed by atoms with Crippen LogP contribution >= 0.6 is 0 Å². The van der Waals surface area contributed by atoms with Crippen LogP contribution in [0.4, 0.5) is 5.82 Å². The highest BCUT2D eigenvalue weighted by Gasteiger charge is 2.28. The van der Waals surface area contributed by atoms with E-state index < -0.39 is 0 Å². The maximum Gasteiger partial charge on any atom is 0.124 e. The minimum atomic E-state index is 0.551. The molecule has 0 spiro atoms. The number of nitrogens with zero attached hydrogens (tertiary/aromatic N) is 2. The quantitative estimate of drug-likeness (QED) is 0.876. The van der Waals surface area contributed by atoms with Crippen molar-refractivity contribution in [3.05, 3.63) is 11.8 Å². The van der Waals surface area contributed by atoms with E-state index in [-0.39, 0.29) is 0 Å². The predicted molar refractivity (Wildman–Crippen MR) is 72.0 cm³/mol. The van der Waals surface area contributed by atoms with Crippen LogP contribution in [-0.2, 0) is 4.74 Å². The molecule has 3 heterocycles. The number of ether oxygens (including phenoxy) is 1. The largest absolute Gasteiger partial charge is 0.381 e. The van der Waals surface area contributed by atoms with Crippen molar-refractivity contribution >= 4 is 5.82 Å². The zero-order valence-corrected chi connectivity index (χ0v) is 11.4. The Morgan fingerprint density at radius 2 is 2.22 bits per heavy atom. The van der Waals surface area contributed by atoms with E-state index in [9.17, 15) is 0 Å². The Kier molecular flexibility index (Phi) is 3.29. The Balaban J connectivity index is 1.86. The molecule has 18 heavy (non-hydrogen) atoms. The van der Waals surface area contributed by atoms with E-state index in [0.717, 1.165) is 39.0 Å². The van der Waals surface area contributed by atoms with Gasteiger partial charge < -0.3 is 10.1 Å². The topological polar surface area (TPSA) is 39.1 Å². The molecule has 0 saturated carbocycles. The summed E-state index contributed by atoms with van der Waals surface area (Å²) in [4.78, 5) is 0. The minimum absolute atomic E-state index is 0.551. The van der Waals surface area contributed by atoms with Gasteiger partial charge in [-0.2, -0.15) is 5.10 Å². The highest BCUT2D eigenvalue weighted by Crippen LogP contribution is 2.34. The van der Waals surface area contributed by atoms with Crippen molar-refractivity contribution in [2.45, 2.75) is 45.1 Å². The normalized spacial score (nSPS) is 28.8. The summed E-state index contributed by atoms with van der Waals surface area (Å²) in [5.74, 6) is 2.46. The molecule has 0 amide bonds. The zero-order chi connectivity index (χ0) is 12.5. The molecule has 1 aromatic heterocycles. The molecule has 0 aliphatic carbocycles. The SMILES string of the molecule is CCC1C(C)CNc2cc(C3CCOCC3)nn21. The Hall–Kier alpha value is -1.03. The first kappa shape index (κ1) is 12.0. The lowest BCUT2D eigenvalue weighted by Crippen LogP contribution is -2.30. The van der Waals surface area contributed by atoms with Gasteiger partial charge in [0, 0.05) is 31.7 Å². The first-order chi connectivity index (χ1) is 8.79. The summed E-state index contributed by atoms with van der Waals surface area (Å²) in [6, 6.07) is 2.81. The molecule has 2 aliphatic heterocycles. The van der Waals surface area contributed by atoms with Crippen molar-refractivity contribution in [3.8, 4) is 0 Å². The molecule has 4 nitrogen and oxygen atoms in total. The fourth-order valence-electron chi connectivity index (χ4n) is 3.21. The maximum atomic E-state index is 5.43. The van der Waals surface area contributed by atoms with Crippen LogP contribution in [0.1, 0.15) is 50.8 Å². The van der Waals surface area contributed by atoms with Gasteiger partial charge in [0.2, 0.25) is 0 Å². The van der Waals surface area contributed by atoms with E-state index in [1.807, 2.05) is 0 Å². The van der Waals surface area contributed by atoms with Crippen molar-refractivity contribution < 1.29 is 4.74 Å². The molecule has 2 unspecified atom stereocenters. The summed E-state index contributed by atoms with van der Waals surface area (Å²) in [5, 5.41) is 8.38. The van der Waals surface area contributed by atoms with Crippen LogP contribution in [0.2, 0.25) is 0 Å². The number of fused-ring (bicyclic) bond motifs is 1. The van der Waals surface area contributed by atoms with Crippen LogP contribution in [0.15, 0.2) is 6.07 Å². The molecule has 1 saturated heterocycles. The summed E-state index contributed by atoms with van der Waals surface area (Å²) in [5.41, 5.74) is 1.26. The second-order valence-electron chi connectivity index (χ2n) is 5.62. The third-order valence-corrected chi connectivity index (χ3v) is 4.39. The van der Waals surface area contributed by atoms with Gasteiger partial charge >= 0.3 is 0 Å². The fraction of sp³-hybridized carbons (Fsp3) is 0.786. The number of rotatable bonds is 2. The average Bonchev–Trinajstić information content (AvgIpc) is 2.84. The molecule has 100 valence electrons. The molecule has 2 aliphatic rings. The predicted octanol–water partition coefficient (Wildman–Crippen LogP) is 2.79. The van der Waals surface area contributed by atoms with E-state index in [0.29, 0.717) is 17.9 Å². The first-order valence-electron chi connectivity index (χ1n) is 7.20. The van der Waals surface area contributed by atoms with E-state index in [1.165, 1.54) is 11.5 Å². The molecular formula is C14H23N3O. The van der Waals surface area contributed by atoms with Crippen LogP contribution in [-0.4, -0.2) is 29.5 Å². The van der Waals surface area contributed by atoms with Gasteiger partial charge in [-0.15, -0.1) is 0 Å². The molecule has 1 aromatic rings. The van der Waals surface area contributed by atoms with Crippen molar-refractivity contribution in [2.24, 2.45) is 5.92 Å². The third kappa shape index (κ3) is 2.03. The van der Waals surface area contributed by atoms with Crippen molar-refractivity contribution in [2.75, 3.05) is 25.1 Å². The average molecular weight is 249 g/mol. The number of hydrogen-bond donors (Lipinski definition) is 1. The molecule has 4 heteroatoms. The minimum Gasteiger partial charge on any atom is -0.381 e. The standard InChI is InChI=1S/C14H23N3O/c1-3-13-10(2)9-15-14-8-12(16-17(13)14)11-4-6-18-7-5-11/h8,10-11,13,15H,3-7,9H2,1-2H3. The number of hydrogen-bond acceptors (Lipinski definition) is 3. The van der Waals surface area contributed by atoms with Crippen LogP contribution in [0.25, 0.3) is 0 Å². The lowest BCUT2D eigenvalue weighted by Gasteiger charge is -2.30. The summed E-state index contributed by atoms with van der Waals surface area (Å²) < 4.78 is 7.65. The molecule has 0 bridgehead atoms. The number of nitrogens with one attached hydrogen (secondary N) is 1. The van der Waals surface area contributed by atoms with E-state index >= 15 is 0 Å². The molecule has 1 N–H and O–H groups in total.